The number of hydrogen-bond donors (Lipinski definition) is 3. The number of para-hydroxylation sites is 1. The van der Waals surface area contributed by atoms with Crippen molar-refractivity contribution in [3.8, 4) is 0 Å². The largest absolute Gasteiger partial charge is 0.481 e. The van der Waals surface area contributed by atoms with Gasteiger partial charge in [-0.1, -0.05) is 36.4 Å². The van der Waals surface area contributed by atoms with Gasteiger partial charge in [0.15, 0.2) is 0 Å². The molecule has 9 heteroatoms. The van der Waals surface area contributed by atoms with Crippen LogP contribution in [-0.4, -0.2) is 44.5 Å². The summed E-state index contributed by atoms with van der Waals surface area (Å²) in [4.78, 5) is 38.9. The predicted octanol–water partition coefficient (Wildman–Crippen LogP) is 4.90. The van der Waals surface area contributed by atoms with Crippen molar-refractivity contribution >= 4 is 58.0 Å². The highest BCUT2D eigenvalue weighted by Gasteiger charge is 2.16. The molecule has 0 saturated carbocycles. The van der Waals surface area contributed by atoms with E-state index in [9.17, 15) is 14.4 Å². The molecule has 3 aromatic rings. The van der Waals surface area contributed by atoms with Crippen molar-refractivity contribution in [1.29, 1.82) is 0 Å². The molecule has 0 fully saturated rings. The molecule has 166 valence electrons. The zero-order chi connectivity index (χ0) is 22.9. The first-order valence-electron chi connectivity index (χ1n) is 9.86. The number of carbonyl (C=O) groups excluding carboxylic acids is 1. The van der Waals surface area contributed by atoms with Gasteiger partial charge >= 0.3 is 11.9 Å². The maximum atomic E-state index is 12.7. The first-order chi connectivity index (χ1) is 15.4. The lowest BCUT2D eigenvalue weighted by Gasteiger charge is -2.17. The number of pyridine rings is 1. The van der Waals surface area contributed by atoms with Gasteiger partial charge in [-0.15, -0.1) is 23.5 Å². The summed E-state index contributed by atoms with van der Waals surface area (Å²) >= 11 is 2.89. The van der Waals surface area contributed by atoms with E-state index in [1.165, 1.54) is 23.5 Å². The van der Waals surface area contributed by atoms with Crippen LogP contribution in [0.15, 0.2) is 60.7 Å². The Labute approximate surface area is 193 Å². The van der Waals surface area contributed by atoms with E-state index in [1.807, 2.05) is 42.5 Å². The Balaban J connectivity index is 1.72. The van der Waals surface area contributed by atoms with Crippen LogP contribution in [-0.2, 0) is 9.59 Å². The minimum atomic E-state index is -0.879. The molecule has 0 unspecified atom stereocenters. The highest BCUT2D eigenvalue weighted by molar-refractivity contribution is 8.16. The molecule has 1 aromatic heterocycles. The van der Waals surface area contributed by atoms with Crippen LogP contribution in [0.25, 0.3) is 10.9 Å². The summed E-state index contributed by atoms with van der Waals surface area (Å²) in [6.45, 7) is 0. The van der Waals surface area contributed by atoms with E-state index < -0.39 is 11.9 Å². The highest BCUT2D eigenvalue weighted by Crippen LogP contribution is 2.40. The Morgan fingerprint density at radius 3 is 2.25 bits per heavy atom. The van der Waals surface area contributed by atoms with Gasteiger partial charge in [-0.3, -0.25) is 14.4 Å². The van der Waals surface area contributed by atoms with E-state index in [-0.39, 0.29) is 23.3 Å². The number of benzene rings is 2. The molecule has 7 nitrogen and oxygen atoms in total. The van der Waals surface area contributed by atoms with E-state index in [1.54, 1.807) is 18.2 Å². The fraction of sp³-hybridized carbons (Fsp3) is 0.217. The topological polar surface area (TPSA) is 117 Å². The van der Waals surface area contributed by atoms with Gasteiger partial charge in [0.05, 0.1) is 22.9 Å². The van der Waals surface area contributed by atoms with Crippen LogP contribution in [0, 0.1) is 0 Å². The Hall–Kier alpha value is -3.04. The average molecular weight is 471 g/mol. The molecule has 0 aliphatic rings. The minimum absolute atomic E-state index is 0.0186. The van der Waals surface area contributed by atoms with Crippen molar-refractivity contribution in [2.45, 2.75) is 17.4 Å². The third kappa shape index (κ3) is 7.00. The quantitative estimate of drug-likeness (QED) is 0.339. The zero-order valence-corrected chi connectivity index (χ0v) is 18.7. The van der Waals surface area contributed by atoms with Gasteiger partial charge in [0.1, 0.15) is 5.69 Å². The van der Waals surface area contributed by atoms with Crippen LogP contribution in [0.4, 0.5) is 5.69 Å². The maximum Gasteiger partial charge on any atom is 0.304 e. The number of carbonyl (C=O) groups is 3. The van der Waals surface area contributed by atoms with Gasteiger partial charge < -0.3 is 15.5 Å². The van der Waals surface area contributed by atoms with Gasteiger partial charge in [-0.25, -0.2) is 4.98 Å². The second kappa shape index (κ2) is 11.5. The minimum Gasteiger partial charge on any atom is -0.481 e. The van der Waals surface area contributed by atoms with Crippen molar-refractivity contribution in [3.63, 3.8) is 0 Å². The molecule has 0 spiro atoms. The standard InChI is InChI=1S/C23H22N2O5S2/c26-20(27)10-12-31-23(32-13-11-21(28)29)16-5-3-6-17(14-16)24-22(30)19-9-8-15-4-1-2-7-18(15)25-19/h1-9,14,23H,10-13H2,(H,24,30)(H,26,27)(H,28,29). The summed E-state index contributed by atoms with van der Waals surface area (Å²) in [6.07, 6.45) is 0.0371. The fourth-order valence-corrected chi connectivity index (χ4v) is 5.55. The SMILES string of the molecule is O=C(O)CCSC(SCCC(=O)O)c1cccc(NC(=O)c2ccc3ccccc3n2)c1. The van der Waals surface area contributed by atoms with Gasteiger partial charge in [0.2, 0.25) is 0 Å². The Bertz CT molecular complexity index is 1100. The molecule has 0 bridgehead atoms. The molecule has 3 N–H and O–H groups in total. The van der Waals surface area contributed by atoms with Crippen molar-refractivity contribution in [3.05, 3.63) is 71.9 Å². The number of nitrogens with one attached hydrogen (secondary N) is 1. The molecule has 2 aromatic carbocycles. The number of aliphatic carboxylic acids is 2. The van der Waals surface area contributed by atoms with Crippen LogP contribution in [0.5, 0.6) is 0 Å². The van der Waals surface area contributed by atoms with Crippen LogP contribution in [0.1, 0.15) is 33.5 Å². The zero-order valence-electron chi connectivity index (χ0n) is 17.1. The molecular formula is C23H22N2O5S2. The van der Waals surface area contributed by atoms with Crippen LogP contribution < -0.4 is 5.32 Å². The third-order valence-corrected chi connectivity index (χ3v) is 7.26. The van der Waals surface area contributed by atoms with Crippen LogP contribution in [0.3, 0.4) is 0 Å². The van der Waals surface area contributed by atoms with Crippen LogP contribution >= 0.6 is 23.5 Å². The van der Waals surface area contributed by atoms with Crippen molar-refractivity contribution in [2.75, 3.05) is 16.8 Å². The summed E-state index contributed by atoms with van der Waals surface area (Å²) in [5.74, 6) is -1.29. The normalized spacial score (nSPS) is 10.9. The van der Waals surface area contributed by atoms with Gasteiger partial charge in [-0.05, 0) is 29.8 Å². The van der Waals surface area contributed by atoms with Crippen molar-refractivity contribution in [2.24, 2.45) is 0 Å². The van der Waals surface area contributed by atoms with E-state index in [2.05, 4.69) is 10.3 Å². The number of carboxylic acid groups (broad SMARTS) is 2. The Morgan fingerprint density at radius 2 is 1.56 bits per heavy atom. The van der Waals surface area contributed by atoms with E-state index in [0.717, 1.165) is 16.5 Å². The molecule has 32 heavy (non-hydrogen) atoms. The number of carboxylic acids is 2. The number of anilines is 1. The molecule has 0 radical (unpaired) electrons. The van der Waals surface area contributed by atoms with E-state index >= 15 is 0 Å². The van der Waals surface area contributed by atoms with E-state index in [4.69, 9.17) is 10.2 Å². The summed E-state index contributed by atoms with van der Waals surface area (Å²) < 4.78 is -0.149. The lowest BCUT2D eigenvalue weighted by atomic mass is 10.2. The lowest BCUT2D eigenvalue weighted by molar-refractivity contribution is -0.137. The first kappa shape index (κ1) is 23.6. The number of rotatable bonds is 11. The number of thioether (sulfide) groups is 2. The Morgan fingerprint density at radius 1 is 0.875 bits per heavy atom. The smallest absolute Gasteiger partial charge is 0.304 e. The Kier molecular flexibility index (Phi) is 8.52. The summed E-state index contributed by atoms with van der Waals surface area (Å²) in [6, 6.07) is 18.4. The van der Waals surface area contributed by atoms with Gasteiger partial charge in [0.25, 0.3) is 5.91 Å². The fourth-order valence-electron chi connectivity index (χ4n) is 2.90. The molecule has 0 aliphatic carbocycles. The number of fused-ring (bicyclic) bond motifs is 1. The predicted molar refractivity (Wildman–Crippen MR) is 128 cm³/mol. The number of hydrogen-bond acceptors (Lipinski definition) is 6. The highest BCUT2D eigenvalue weighted by atomic mass is 32.2. The van der Waals surface area contributed by atoms with E-state index in [0.29, 0.717) is 22.9 Å². The molecule has 0 atom stereocenters. The summed E-state index contributed by atoms with van der Waals surface area (Å²) in [5, 5.41) is 21.6. The van der Waals surface area contributed by atoms with Gasteiger partial charge in [-0.2, -0.15) is 0 Å². The van der Waals surface area contributed by atoms with Crippen molar-refractivity contribution < 1.29 is 24.6 Å². The molecule has 1 amide bonds. The molecular weight excluding hydrogens is 448 g/mol. The monoisotopic (exact) mass is 470 g/mol. The third-order valence-electron chi connectivity index (χ3n) is 4.42. The van der Waals surface area contributed by atoms with Gasteiger partial charge in [0, 0.05) is 22.6 Å². The second-order valence-corrected chi connectivity index (χ2v) is 9.55. The average Bonchev–Trinajstić information content (AvgIpc) is 2.77. The molecule has 1 heterocycles. The van der Waals surface area contributed by atoms with Crippen molar-refractivity contribution in [1.82, 2.24) is 4.98 Å². The summed E-state index contributed by atoms with van der Waals surface area (Å²) in [7, 11) is 0. The number of aromatic nitrogens is 1. The number of amides is 1. The van der Waals surface area contributed by atoms with Crippen LogP contribution in [0.2, 0.25) is 0 Å². The first-order valence-corrected chi connectivity index (χ1v) is 12.0. The second-order valence-electron chi connectivity index (χ2n) is 6.83. The maximum absolute atomic E-state index is 12.7. The number of nitrogens with zero attached hydrogens (tertiary/aromatic N) is 1. The lowest BCUT2D eigenvalue weighted by Crippen LogP contribution is -2.13. The molecule has 0 aliphatic heterocycles. The summed E-state index contributed by atoms with van der Waals surface area (Å²) in [5.41, 5.74) is 2.50. The molecule has 0 saturated heterocycles. The molecule has 3 rings (SSSR count).